The molecule has 1 fully saturated rings. The number of rotatable bonds is 2. The summed E-state index contributed by atoms with van der Waals surface area (Å²) in [4.78, 5) is 12.4. The van der Waals surface area contributed by atoms with Crippen molar-refractivity contribution in [3.05, 3.63) is 28.0 Å². The Morgan fingerprint density at radius 3 is 3.11 bits per heavy atom. The molecule has 7 heteroatoms. The monoisotopic (exact) mass is 283 g/mol. The molecule has 1 N–H and O–H groups in total. The Labute approximate surface area is 113 Å². The van der Waals surface area contributed by atoms with Crippen LogP contribution in [0.3, 0.4) is 0 Å². The second-order valence-electron chi connectivity index (χ2n) is 4.96. The SMILES string of the molecule is CC1(C)OCC(C[n+]2c(O)cc(=O)n3ccsc32)O1. The zero-order chi connectivity index (χ0) is 13.6. The Kier molecular flexibility index (Phi) is 2.84. The second kappa shape index (κ2) is 4.29. The highest BCUT2D eigenvalue weighted by atomic mass is 32.1. The molecule has 0 radical (unpaired) electrons. The summed E-state index contributed by atoms with van der Waals surface area (Å²) in [6.07, 6.45) is 1.54. The number of ether oxygens (including phenoxy) is 2. The Morgan fingerprint density at radius 1 is 1.63 bits per heavy atom. The fourth-order valence-electron chi connectivity index (χ4n) is 2.22. The molecule has 1 saturated heterocycles. The van der Waals surface area contributed by atoms with Crippen molar-refractivity contribution in [2.45, 2.75) is 32.3 Å². The molecule has 1 aliphatic rings. The maximum absolute atomic E-state index is 11.7. The van der Waals surface area contributed by atoms with Gasteiger partial charge in [0.1, 0.15) is 24.9 Å². The molecule has 1 aliphatic heterocycles. The molecule has 2 aromatic heterocycles. The van der Waals surface area contributed by atoms with E-state index in [1.165, 1.54) is 21.8 Å². The average Bonchev–Trinajstić information content (AvgIpc) is 2.91. The van der Waals surface area contributed by atoms with Gasteiger partial charge in [-0.25, -0.2) is 4.79 Å². The summed E-state index contributed by atoms with van der Waals surface area (Å²) < 4.78 is 14.4. The van der Waals surface area contributed by atoms with E-state index in [1.807, 2.05) is 19.2 Å². The van der Waals surface area contributed by atoms with Gasteiger partial charge in [0.2, 0.25) is 0 Å². The number of hydrogen-bond donors (Lipinski definition) is 1. The van der Waals surface area contributed by atoms with Crippen molar-refractivity contribution in [1.82, 2.24) is 4.40 Å². The summed E-state index contributed by atoms with van der Waals surface area (Å²) in [6.45, 7) is 4.62. The van der Waals surface area contributed by atoms with Gasteiger partial charge in [-0.3, -0.25) is 0 Å². The molecular weight excluding hydrogens is 268 g/mol. The van der Waals surface area contributed by atoms with Crippen LogP contribution < -0.4 is 10.1 Å². The Bertz CT molecular complexity index is 676. The van der Waals surface area contributed by atoms with Crippen molar-refractivity contribution in [3.63, 3.8) is 0 Å². The molecule has 0 saturated carbocycles. The first-order valence-corrected chi connectivity index (χ1v) is 6.88. The molecule has 0 aliphatic carbocycles. The third kappa shape index (κ3) is 2.24. The predicted octanol–water partition coefficient (Wildman–Crippen LogP) is 0.506. The van der Waals surface area contributed by atoms with Crippen LogP contribution in [-0.2, 0) is 16.0 Å². The fraction of sp³-hybridized carbons (Fsp3) is 0.500. The standard InChI is InChI=1S/C12H14N2O4S/c1-12(2)17-7-8(18-12)6-14-10(16)5-9(15)13-3-4-19-11(13)14/h3-5,8H,6-7H2,1-2H3/p+1. The molecule has 0 bridgehead atoms. The molecule has 0 spiro atoms. The number of thiazole rings is 1. The van der Waals surface area contributed by atoms with Crippen molar-refractivity contribution in [2.75, 3.05) is 6.61 Å². The minimum absolute atomic E-state index is 0.0549. The van der Waals surface area contributed by atoms with E-state index in [2.05, 4.69) is 0 Å². The van der Waals surface area contributed by atoms with Crippen LogP contribution in [0.15, 0.2) is 22.4 Å². The molecule has 6 nitrogen and oxygen atoms in total. The zero-order valence-electron chi connectivity index (χ0n) is 10.7. The number of fused-ring (bicyclic) bond motifs is 1. The van der Waals surface area contributed by atoms with Crippen LogP contribution in [0.2, 0.25) is 0 Å². The van der Waals surface area contributed by atoms with Crippen LogP contribution >= 0.6 is 11.3 Å². The molecule has 1 atom stereocenters. The van der Waals surface area contributed by atoms with Crippen LogP contribution in [0.25, 0.3) is 4.96 Å². The lowest BCUT2D eigenvalue weighted by Crippen LogP contribution is -2.44. The lowest BCUT2D eigenvalue weighted by atomic mass is 10.3. The van der Waals surface area contributed by atoms with Crippen LogP contribution in [-0.4, -0.2) is 28.0 Å². The summed E-state index contributed by atoms with van der Waals surface area (Å²) in [5.74, 6) is -0.651. The van der Waals surface area contributed by atoms with Gasteiger partial charge in [0.15, 0.2) is 5.79 Å². The molecule has 3 heterocycles. The first-order valence-electron chi connectivity index (χ1n) is 6.00. The molecule has 19 heavy (non-hydrogen) atoms. The Balaban J connectivity index is 1.97. The zero-order valence-corrected chi connectivity index (χ0v) is 11.5. The van der Waals surface area contributed by atoms with E-state index in [-0.39, 0.29) is 17.5 Å². The highest BCUT2D eigenvalue weighted by Gasteiger charge is 2.35. The normalized spacial score (nSPS) is 22.1. The van der Waals surface area contributed by atoms with Gasteiger partial charge in [-0.05, 0) is 13.8 Å². The molecule has 0 amide bonds. The summed E-state index contributed by atoms with van der Waals surface area (Å²) in [5, 5.41) is 11.8. The van der Waals surface area contributed by atoms with Gasteiger partial charge < -0.3 is 14.6 Å². The summed E-state index contributed by atoms with van der Waals surface area (Å²) >= 11 is 1.40. The molecule has 2 aromatic rings. The number of aromatic hydroxyl groups is 1. The molecule has 3 rings (SSSR count). The van der Waals surface area contributed by atoms with Gasteiger partial charge in [0, 0.05) is 5.38 Å². The van der Waals surface area contributed by atoms with Crippen LogP contribution in [0.4, 0.5) is 0 Å². The number of aromatic nitrogens is 2. The number of nitrogens with zero attached hydrogens (tertiary/aromatic N) is 2. The lowest BCUT2D eigenvalue weighted by molar-refractivity contribution is -0.685. The maximum atomic E-state index is 11.7. The van der Waals surface area contributed by atoms with Crippen molar-refractivity contribution >= 4 is 16.3 Å². The highest BCUT2D eigenvalue weighted by Crippen LogP contribution is 2.23. The smallest absolute Gasteiger partial charge is 0.351 e. The van der Waals surface area contributed by atoms with E-state index in [0.29, 0.717) is 18.1 Å². The van der Waals surface area contributed by atoms with Gasteiger partial charge in [-0.2, -0.15) is 8.97 Å². The van der Waals surface area contributed by atoms with Gasteiger partial charge in [0.05, 0.1) is 6.61 Å². The highest BCUT2D eigenvalue weighted by molar-refractivity contribution is 7.14. The summed E-state index contributed by atoms with van der Waals surface area (Å²) in [6, 6.07) is 1.21. The van der Waals surface area contributed by atoms with Crippen molar-refractivity contribution in [3.8, 4) is 5.88 Å². The van der Waals surface area contributed by atoms with E-state index >= 15 is 0 Å². The second-order valence-corrected chi connectivity index (χ2v) is 5.83. The lowest BCUT2D eigenvalue weighted by Gasteiger charge is -2.16. The summed E-state index contributed by atoms with van der Waals surface area (Å²) in [5.41, 5.74) is -0.242. The molecule has 0 aromatic carbocycles. The maximum Gasteiger partial charge on any atom is 0.351 e. The van der Waals surface area contributed by atoms with Crippen LogP contribution in [0, 0.1) is 0 Å². The van der Waals surface area contributed by atoms with Crippen molar-refractivity contribution < 1.29 is 19.1 Å². The summed E-state index contributed by atoms with van der Waals surface area (Å²) in [7, 11) is 0. The van der Waals surface area contributed by atoms with E-state index in [0.717, 1.165) is 0 Å². The van der Waals surface area contributed by atoms with Gasteiger partial charge >= 0.3 is 10.5 Å². The third-order valence-electron chi connectivity index (χ3n) is 3.04. The van der Waals surface area contributed by atoms with E-state index in [4.69, 9.17) is 9.47 Å². The van der Waals surface area contributed by atoms with Gasteiger partial charge in [-0.15, -0.1) is 0 Å². The van der Waals surface area contributed by atoms with E-state index in [9.17, 15) is 9.90 Å². The van der Waals surface area contributed by atoms with Crippen molar-refractivity contribution in [2.24, 2.45) is 0 Å². The largest absolute Gasteiger partial charge is 0.478 e. The first kappa shape index (κ1) is 12.6. The van der Waals surface area contributed by atoms with Gasteiger partial charge in [-0.1, -0.05) is 11.3 Å². The van der Waals surface area contributed by atoms with Crippen LogP contribution in [0.5, 0.6) is 5.88 Å². The Morgan fingerprint density at radius 2 is 2.42 bits per heavy atom. The topological polar surface area (TPSA) is 64.1 Å². The van der Waals surface area contributed by atoms with Gasteiger partial charge in [0.25, 0.3) is 5.88 Å². The minimum Gasteiger partial charge on any atom is -0.478 e. The third-order valence-corrected chi connectivity index (χ3v) is 3.93. The molecular formula is C12H15N2O4S+. The van der Waals surface area contributed by atoms with E-state index < -0.39 is 5.79 Å². The fourth-order valence-corrected chi connectivity index (χ4v) is 3.08. The molecule has 102 valence electrons. The van der Waals surface area contributed by atoms with E-state index in [1.54, 1.807) is 10.8 Å². The average molecular weight is 283 g/mol. The van der Waals surface area contributed by atoms with Crippen molar-refractivity contribution in [1.29, 1.82) is 0 Å². The number of hydrogen-bond acceptors (Lipinski definition) is 5. The minimum atomic E-state index is -0.596. The quantitative estimate of drug-likeness (QED) is 0.816. The predicted molar refractivity (Wildman–Crippen MR) is 68.3 cm³/mol. The molecule has 1 unspecified atom stereocenters. The Hall–Kier alpha value is -1.44. The first-order chi connectivity index (χ1) is 8.96. The van der Waals surface area contributed by atoms with Crippen LogP contribution in [0.1, 0.15) is 13.8 Å².